The predicted molar refractivity (Wildman–Crippen MR) is 74.3 cm³/mol. The summed E-state index contributed by atoms with van der Waals surface area (Å²) in [5.41, 5.74) is 1.54. The fourth-order valence-electron chi connectivity index (χ4n) is 1.58. The molecule has 1 amide bonds. The van der Waals surface area contributed by atoms with Crippen LogP contribution in [-0.4, -0.2) is 26.8 Å². The zero-order valence-corrected chi connectivity index (χ0v) is 10.8. The summed E-state index contributed by atoms with van der Waals surface area (Å²) >= 11 is 0. The number of carbonyl (C=O) groups is 2. The first-order valence-corrected chi connectivity index (χ1v) is 5.85. The third-order valence-corrected chi connectivity index (χ3v) is 2.55. The topological polar surface area (TPSA) is 84.2 Å². The molecule has 20 heavy (non-hydrogen) atoms. The number of hydrogen-bond acceptors (Lipinski definition) is 3. The number of anilines is 1. The molecule has 0 bridgehead atoms. The van der Waals surface area contributed by atoms with E-state index in [9.17, 15) is 9.59 Å². The minimum atomic E-state index is -1.00. The van der Waals surface area contributed by atoms with Gasteiger partial charge < -0.3 is 10.4 Å². The zero-order chi connectivity index (χ0) is 14.5. The van der Waals surface area contributed by atoms with Gasteiger partial charge in [0.05, 0.1) is 11.8 Å². The number of amides is 1. The van der Waals surface area contributed by atoms with Gasteiger partial charge in [0.15, 0.2) is 0 Å². The Bertz CT molecular complexity index is 657. The molecule has 0 saturated carbocycles. The van der Waals surface area contributed by atoms with E-state index in [1.54, 1.807) is 42.3 Å². The molecule has 2 aromatic rings. The van der Waals surface area contributed by atoms with Crippen LogP contribution in [0.3, 0.4) is 0 Å². The van der Waals surface area contributed by atoms with E-state index < -0.39 is 5.97 Å². The molecule has 0 aliphatic heterocycles. The molecule has 0 spiro atoms. The Labute approximate surface area is 115 Å². The van der Waals surface area contributed by atoms with E-state index in [0.717, 1.165) is 5.56 Å². The monoisotopic (exact) mass is 271 g/mol. The van der Waals surface area contributed by atoms with Crippen LogP contribution in [0.5, 0.6) is 0 Å². The van der Waals surface area contributed by atoms with Gasteiger partial charge in [-0.3, -0.25) is 9.48 Å². The predicted octanol–water partition coefficient (Wildman–Crippen LogP) is 1.77. The van der Waals surface area contributed by atoms with Crippen LogP contribution in [0.15, 0.2) is 42.7 Å². The van der Waals surface area contributed by atoms with Crippen molar-refractivity contribution in [3.8, 4) is 0 Å². The number of rotatable bonds is 4. The van der Waals surface area contributed by atoms with Crippen LogP contribution in [0.4, 0.5) is 5.69 Å². The molecule has 6 heteroatoms. The van der Waals surface area contributed by atoms with E-state index in [-0.39, 0.29) is 11.5 Å². The van der Waals surface area contributed by atoms with E-state index in [4.69, 9.17) is 5.11 Å². The molecule has 2 N–H and O–H groups in total. The summed E-state index contributed by atoms with van der Waals surface area (Å²) in [6.07, 6.45) is 6.47. The number of aryl methyl sites for hydroxylation is 1. The lowest BCUT2D eigenvalue weighted by atomic mass is 10.2. The molecule has 0 aliphatic carbocycles. The minimum absolute atomic E-state index is 0.175. The van der Waals surface area contributed by atoms with Gasteiger partial charge in [-0.1, -0.05) is 0 Å². The second-order valence-corrected chi connectivity index (χ2v) is 4.15. The molecule has 1 aromatic carbocycles. The molecule has 1 aromatic heterocycles. The summed E-state index contributed by atoms with van der Waals surface area (Å²) in [5.74, 6) is -1.30. The quantitative estimate of drug-likeness (QED) is 0.830. The Kier molecular flexibility index (Phi) is 3.95. The Balaban J connectivity index is 1.97. The van der Waals surface area contributed by atoms with Crippen molar-refractivity contribution in [3.63, 3.8) is 0 Å². The van der Waals surface area contributed by atoms with Gasteiger partial charge in [0.25, 0.3) is 0 Å². The van der Waals surface area contributed by atoms with E-state index >= 15 is 0 Å². The third kappa shape index (κ3) is 3.55. The van der Waals surface area contributed by atoms with Crippen LogP contribution < -0.4 is 5.32 Å². The molecule has 0 atom stereocenters. The molecule has 0 saturated heterocycles. The van der Waals surface area contributed by atoms with Crippen LogP contribution >= 0.6 is 0 Å². The van der Waals surface area contributed by atoms with Gasteiger partial charge >= 0.3 is 5.97 Å². The molecule has 6 nitrogen and oxygen atoms in total. The van der Waals surface area contributed by atoms with Gasteiger partial charge in [-0.15, -0.1) is 0 Å². The molecule has 1 heterocycles. The smallest absolute Gasteiger partial charge is 0.335 e. The zero-order valence-electron chi connectivity index (χ0n) is 10.8. The highest BCUT2D eigenvalue weighted by atomic mass is 16.4. The van der Waals surface area contributed by atoms with Crippen molar-refractivity contribution in [1.29, 1.82) is 0 Å². The Morgan fingerprint density at radius 2 is 2.00 bits per heavy atom. The first-order valence-electron chi connectivity index (χ1n) is 5.85. The number of aromatic carboxylic acids is 1. The van der Waals surface area contributed by atoms with Crippen molar-refractivity contribution in [1.82, 2.24) is 9.78 Å². The number of nitrogens with zero attached hydrogens (tertiary/aromatic N) is 2. The summed E-state index contributed by atoms with van der Waals surface area (Å²) in [6.45, 7) is 0. The molecule has 0 aliphatic rings. The van der Waals surface area contributed by atoms with Crippen LogP contribution in [0, 0.1) is 0 Å². The SMILES string of the molecule is Cn1cc(/C=C/C(=O)Nc2ccc(C(=O)O)cc2)cn1. The average molecular weight is 271 g/mol. The van der Waals surface area contributed by atoms with Gasteiger partial charge in [-0.05, 0) is 30.3 Å². The van der Waals surface area contributed by atoms with Crippen LogP contribution in [-0.2, 0) is 11.8 Å². The van der Waals surface area contributed by atoms with Crippen LogP contribution in [0.2, 0.25) is 0 Å². The number of aromatic nitrogens is 2. The summed E-state index contributed by atoms with van der Waals surface area (Å²) < 4.78 is 1.64. The summed E-state index contributed by atoms with van der Waals surface area (Å²) in [7, 11) is 1.79. The lowest BCUT2D eigenvalue weighted by molar-refractivity contribution is -0.111. The van der Waals surface area contributed by atoms with Gasteiger partial charge in [-0.25, -0.2) is 4.79 Å². The van der Waals surface area contributed by atoms with Crippen molar-refractivity contribution in [2.45, 2.75) is 0 Å². The molecular formula is C14H13N3O3. The maximum Gasteiger partial charge on any atom is 0.335 e. The highest BCUT2D eigenvalue weighted by Gasteiger charge is 2.03. The summed E-state index contributed by atoms with van der Waals surface area (Å²) in [4.78, 5) is 22.4. The molecule has 102 valence electrons. The molecular weight excluding hydrogens is 258 g/mol. The largest absolute Gasteiger partial charge is 0.478 e. The Morgan fingerprint density at radius 1 is 1.30 bits per heavy atom. The number of carboxylic acid groups (broad SMARTS) is 1. The Morgan fingerprint density at radius 3 is 2.55 bits per heavy atom. The van der Waals surface area contributed by atoms with Gasteiger partial charge in [0, 0.05) is 30.6 Å². The van der Waals surface area contributed by atoms with E-state index in [0.29, 0.717) is 5.69 Å². The number of hydrogen-bond donors (Lipinski definition) is 2. The minimum Gasteiger partial charge on any atom is -0.478 e. The van der Waals surface area contributed by atoms with E-state index in [1.807, 2.05) is 0 Å². The normalized spacial score (nSPS) is 10.7. The second-order valence-electron chi connectivity index (χ2n) is 4.15. The first-order chi connectivity index (χ1) is 9.54. The number of carbonyl (C=O) groups excluding carboxylic acids is 1. The molecule has 0 radical (unpaired) electrons. The maximum atomic E-state index is 11.7. The highest BCUT2D eigenvalue weighted by Crippen LogP contribution is 2.10. The van der Waals surface area contributed by atoms with Crippen molar-refractivity contribution < 1.29 is 14.7 Å². The van der Waals surface area contributed by atoms with Gasteiger partial charge in [-0.2, -0.15) is 5.10 Å². The maximum absolute atomic E-state index is 11.7. The molecule has 0 unspecified atom stereocenters. The van der Waals surface area contributed by atoms with E-state index in [1.165, 1.54) is 18.2 Å². The average Bonchev–Trinajstić information content (AvgIpc) is 2.83. The first kappa shape index (κ1) is 13.5. The fourth-order valence-corrected chi connectivity index (χ4v) is 1.58. The number of carboxylic acids is 1. The van der Waals surface area contributed by atoms with Crippen LogP contribution in [0.1, 0.15) is 15.9 Å². The van der Waals surface area contributed by atoms with Crippen molar-refractivity contribution in [3.05, 3.63) is 53.9 Å². The highest BCUT2D eigenvalue weighted by molar-refractivity contribution is 6.02. The van der Waals surface area contributed by atoms with Crippen LogP contribution in [0.25, 0.3) is 6.08 Å². The summed E-state index contributed by atoms with van der Waals surface area (Å²) in [6, 6.07) is 5.95. The molecule has 0 fully saturated rings. The van der Waals surface area contributed by atoms with Crippen molar-refractivity contribution in [2.24, 2.45) is 7.05 Å². The Hall–Kier alpha value is -2.89. The lowest BCUT2D eigenvalue weighted by Gasteiger charge is -2.02. The van der Waals surface area contributed by atoms with E-state index in [2.05, 4.69) is 10.4 Å². The fraction of sp³-hybridized carbons (Fsp3) is 0.0714. The lowest BCUT2D eigenvalue weighted by Crippen LogP contribution is -2.08. The van der Waals surface area contributed by atoms with Gasteiger partial charge in [0.2, 0.25) is 5.91 Å². The summed E-state index contributed by atoms with van der Waals surface area (Å²) in [5, 5.41) is 15.4. The third-order valence-electron chi connectivity index (χ3n) is 2.55. The van der Waals surface area contributed by atoms with Gasteiger partial charge in [0.1, 0.15) is 0 Å². The standard InChI is InChI=1S/C14H13N3O3/c1-17-9-10(8-15-17)2-7-13(18)16-12-5-3-11(4-6-12)14(19)20/h2-9H,1H3,(H,16,18)(H,19,20)/b7-2+. The molecule has 2 rings (SSSR count). The van der Waals surface area contributed by atoms with Crippen molar-refractivity contribution >= 4 is 23.6 Å². The van der Waals surface area contributed by atoms with Crippen molar-refractivity contribution in [2.75, 3.05) is 5.32 Å². The number of benzene rings is 1. The number of nitrogens with one attached hydrogen (secondary N) is 1. The second kappa shape index (κ2) is 5.83.